The molecule has 1 rings (SSSR count). The molecule has 0 radical (unpaired) electrons. The molecule has 1 heterocycles. The van der Waals surface area contributed by atoms with Crippen LogP contribution in [0.1, 0.15) is 31.7 Å². The summed E-state index contributed by atoms with van der Waals surface area (Å²) in [7, 11) is 0. The average molecular weight is 221 g/mol. The summed E-state index contributed by atoms with van der Waals surface area (Å²) in [5.74, 6) is 1.63. The van der Waals surface area contributed by atoms with Gasteiger partial charge in [0.15, 0.2) is 0 Å². The van der Waals surface area contributed by atoms with Crippen LogP contribution in [0.25, 0.3) is 0 Å². The smallest absolute Gasteiger partial charge is 0.126 e. The van der Waals surface area contributed by atoms with Crippen molar-refractivity contribution in [3.8, 4) is 0 Å². The van der Waals surface area contributed by atoms with E-state index >= 15 is 0 Å². The van der Waals surface area contributed by atoms with Crippen LogP contribution in [0.15, 0.2) is 18.3 Å². The molecule has 3 nitrogen and oxygen atoms in total. The van der Waals surface area contributed by atoms with Gasteiger partial charge in [0, 0.05) is 12.7 Å². The zero-order valence-electron chi connectivity index (χ0n) is 10.4. The SMILES string of the molecule is CCCC(CCN)CNc1cc(C)ccn1. The highest BCUT2D eigenvalue weighted by Gasteiger charge is 2.06. The van der Waals surface area contributed by atoms with E-state index in [1.807, 2.05) is 12.3 Å². The maximum atomic E-state index is 5.61. The van der Waals surface area contributed by atoms with Crippen LogP contribution in [0.5, 0.6) is 0 Å². The number of aryl methyl sites for hydroxylation is 1. The highest BCUT2D eigenvalue weighted by Crippen LogP contribution is 2.12. The molecule has 1 aromatic heterocycles. The Balaban J connectivity index is 2.41. The number of anilines is 1. The summed E-state index contributed by atoms with van der Waals surface area (Å²) in [6.07, 6.45) is 5.38. The molecular formula is C13H23N3. The van der Waals surface area contributed by atoms with Crippen LogP contribution in [-0.2, 0) is 0 Å². The summed E-state index contributed by atoms with van der Waals surface area (Å²) < 4.78 is 0. The topological polar surface area (TPSA) is 50.9 Å². The van der Waals surface area contributed by atoms with E-state index in [1.165, 1.54) is 18.4 Å². The maximum Gasteiger partial charge on any atom is 0.126 e. The largest absolute Gasteiger partial charge is 0.370 e. The number of nitrogens with two attached hydrogens (primary N) is 1. The molecule has 1 atom stereocenters. The Hall–Kier alpha value is -1.09. The Morgan fingerprint density at radius 2 is 2.25 bits per heavy atom. The molecule has 0 bridgehead atoms. The lowest BCUT2D eigenvalue weighted by Gasteiger charge is -2.16. The standard InChI is InChI=1S/C13H23N3/c1-3-4-12(5-7-14)10-16-13-9-11(2)6-8-15-13/h6,8-9,12H,3-5,7,10,14H2,1-2H3,(H,15,16). The van der Waals surface area contributed by atoms with Crippen molar-refractivity contribution in [1.29, 1.82) is 0 Å². The third kappa shape index (κ3) is 4.62. The molecule has 90 valence electrons. The lowest BCUT2D eigenvalue weighted by atomic mass is 10.00. The van der Waals surface area contributed by atoms with Gasteiger partial charge in [-0.1, -0.05) is 13.3 Å². The van der Waals surface area contributed by atoms with E-state index in [0.717, 1.165) is 25.3 Å². The summed E-state index contributed by atoms with van der Waals surface area (Å²) in [4.78, 5) is 4.29. The number of hydrogen-bond donors (Lipinski definition) is 2. The average Bonchev–Trinajstić information content (AvgIpc) is 2.27. The third-order valence-corrected chi connectivity index (χ3v) is 2.76. The second-order valence-corrected chi connectivity index (χ2v) is 4.33. The van der Waals surface area contributed by atoms with E-state index in [9.17, 15) is 0 Å². The van der Waals surface area contributed by atoms with Gasteiger partial charge in [-0.2, -0.15) is 0 Å². The molecule has 0 spiro atoms. The summed E-state index contributed by atoms with van der Waals surface area (Å²) in [5.41, 5.74) is 6.85. The molecule has 1 unspecified atom stereocenters. The van der Waals surface area contributed by atoms with Gasteiger partial charge < -0.3 is 11.1 Å². The Kier molecular flexibility index (Phi) is 5.86. The first-order chi connectivity index (χ1) is 7.76. The van der Waals surface area contributed by atoms with Crippen molar-refractivity contribution in [3.63, 3.8) is 0 Å². The number of aromatic nitrogens is 1. The van der Waals surface area contributed by atoms with Gasteiger partial charge in [-0.15, -0.1) is 0 Å². The van der Waals surface area contributed by atoms with E-state index in [4.69, 9.17) is 5.73 Å². The van der Waals surface area contributed by atoms with Crippen molar-refractivity contribution >= 4 is 5.82 Å². The van der Waals surface area contributed by atoms with Gasteiger partial charge in [0.25, 0.3) is 0 Å². The summed E-state index contributed by atoms with van der Waals surface area (Å²) in [6, 6.07) is 4.08. The van der Waals surface area contributed by atoms with Crippen LogP contribution < -0.4 is 11.1 Å². The lowest BCUT2D eigenvalue weighted by Crippen LogP contribution is -2.18. The molecule has 0 saturated carbocycles. The van der Waals surface area contributed by atoms with Crippen LogP contribution in [0.4, 0.5) is 5.82 Å². The van der Waals surface area contributed by atoms with Gasteiger partial charge in [-0.25, -0.2) is 4.98 Å². The monoisotopic (exact) mass is 221 g/mol. The maximum absolute atomic E-state index is 5.61. The number of nitrogens with one attached hydrogen (secondary N) is 1. The molecule has 16 heavy (non-hydrogen) atoms. The molecular weight excluding hydrogens is 198 g/mol. The van der Waals surface area contributed by atoms with Crippen molar-refractivity contribution in [1.82, 2.24) is 4.98 Å². The van der Waals surface area contributed by atoms with Gasteiger partial charge in [-0.05, 0) is 49.9 Å². The number of hydrogen-bond acceptors (Lipinski definition) is 3. The molecule has 3 N–H and O–H groups in total. The summed E-state index contributed by atoms with van der Waals surface area (Å²) in [5, 5.41) is 3.39. The van der Waals surface area contributed by atoms with Gasteiger partial charge in [-0.3, -0.25) is 0 Å². The zero-order chi connectivity index (χ0) is 11.8. The number of pyridine rings is 1. The molecule has 0 aromatic carbocycles. The fourth-order valence-electron chi connectivity index (χ4n) is 1.87. The van der Waals surface area contributed by atoms with Gasteiger partial charge >= 0.3 is 0 Å². The highest BCUT2D eigenvalue weighted by molar-refractivity contribution is 5.36. The Morgan fingerprint density at radius 1 is 1.44 bits per heavy atom. The van der Waals surface area contributed by atoms with Crippen LogP contribution in [0.2, 0.25) is 0 Å². The first-order valence-electron chi connectivity index (χ1n) is 6.12. The van der Waals surface area contributed by atoms with Crippen LogP contribution in [-0.4, -0.2) is 18.1 Å². The molecule has 0 fully saturated rings. The Bertz CT molecular complexity index is 293. The van der Waals surface area contributed by atoms with Crippen molar-refractivity contribution < 1.29 is 0 Å². The van der Waals surface area contributed by atoms with Crippen LogP contribution >= 0.6 is 0 Å². The van der Waals surface area contributed by atoms with Crippen molar-refractivity contribution in [3.05, 3.63) is 23.9 Å². The van der Waals surface area contributed by atoms with Crippen LogP contribution in [0, 0.1) is 12.8 Å². The highest BCUT2D eigenvalue weighted by atomic mass is 15.0. The van der Waals surface area contributed by atoms with E-state index in [2.05, 4.69) is 30.2 Å². The quantitative estimate of drug-likeness (QED) is 0.744. The summed E-state index contributed by atoms with van der Waals surface area (Å²) in [6.45, 7) is 6.04. The third-order valence-electron chi connectivity index (χ3n) is 2.76. The predicted molar refractivity (Wildman–Crippen MR) is 69.5 cm³/mol. The predicted octanol–water partition coefficient (Wildman–Crippen LogP) is 2.57. The molecule has 1 aromatic rings. The molecule has 3 heteroatoms. The Labute approximate surface area is 98.5 Å². The van der Waals surface area contributed by atoms with Crippen molar-refractivity contribution in [2.75, 3.05) is 18.4 Å². The van der Waals surface area contributed by atoms with Gasteiger partial charge in [0.05, 0.1) is 0 Å². The second kappa shape index (κ2) is 7.23. The minimum Gasteiger partial charge on any atom is -0.370 e. The fourth-order valence-corrected chi connectivity index (χ4v) is 1.87. The first-order valence-corrected chi connectivity index (χ1v) is 6.12. The minimum atomic E-state index is 0.664. The molecule has 0 aliphatic rings. The van der Waals surface area contributed by atoms with E-state index in [-0.39, 0.29) is 0 Å². The lowest BCUT2D eigenvalue weighted by molar-refractivity contribution is 0.473. The van der Waals surface area contributed by atoms with Gasteiger partial charge in [0.1, 0.15) is 5.82 Å². The second-order valence-electron chi connectivity index (χ2n) is 4.33. The first kappa shape index (κ1) is 13.0. The molecule has 0 aliphatic carbocycles. The van der Waals surface area contributed by atoms with Gasteiger partial charge in [0.2, 0.25) is 0 Å². The number of rotatable bonds is 7. The fraction of sp³-hybridized carbons (Fsp3) is 0.615. The van der Waals surface area contributed by atoms with Crippen molar-refractivity contribution in [2.24, 2.45) is 11.7 Å². The molecule has 0 saturated heterocycles. The zero-order valence-corrected chi connectivity index (χ0v) is 10.4. The van der Waals surface area contributed by atoms with E-state index < -0.39 is 0 Å². The van der Waals surface area contributed by atoms with E-state index in [1.54, 1.807) is 0 Å². The Morgan fingerprint density at radius 3 is 2.88 bits per heavy atom. The molecule has 0 amide bonds. The van der Waals surface area contributed by atoms with Crippen molar-refractivity contribution in [2.45, 2.75) is 33.1 Å². The molecule has 0 aliphatic heterocycles. The normalized spacial score (nSPS) is 12.4. The van der Waals surface area contributed by atoms with E-state index in [0.29, 0.717) is 5.92 Å². The van der Waals surface area contributed by atoms with Crippen LogP contribution in [0.3, 0.4) is 0 Å². The summed E-state index contributed by atoms with van der Waals surface area (Å²) >= 11 is 0. The number of nitrogens with zero attached hydrogens (tertiary/aromatic N) is 1. The minimum absolute atomic E-state index is 0.664.